The average Bonchev–Trinajstić information content (AvgIpc) is 3.08. The molecule has 1 fully saturated rings. The van der Waals surface area contributed by atoms with Gasteiger partial charge in [0.2, 0.25) is 0 Å². The van der Waals surface area contributed by atoms with E-state index in [9.17, 15) is 0 Å². The molecule has 0 amide bonds. The van der Waals surface area contributed by atoms with E-state index in [0.717, 1.165) is 35.8 Å². The molecular formula is C15H20IN5S. The third kappa shape index (κ3) is 4.16. The molecule has 7 heteroatoms. The van der Waals surface area contributed by atoms with Crippen LogP contribution in [0.5, 0.6) is 0 Å². The first-order chi connectivity index (χ1) is 10.3. The largest absolute Gasteiger partial charge is 0.370 e. The Morgan fingerprint density at radius 1 is 1.23 bits per heavy atom. The van der Waals surface area contributed by atoms with Crippen molar-refractivity contribution in [2.45, 2.75) is 6.54 Å². The standard InChI is InChI=1S/C15H19N5S.HI/c16-15(19-8-10-21-11-9-19)17-12-13-4-1-2-5-14(13)20-7-3-6-18-20;/h1-7H,8-12H2,(H2,16,17);1H. The number of para-hydroxylation sites is 1. The molecule has 1 aromatic heterocycles. The molecular weight excluding hydrogens is 409 g/mol. The van der Waals surface area contributed by atoms with Crippen molar-refractivity contribution in [2.75, 3.05) is 24.6 Å². The van der Waals surface area contributed by atoms with Crippen molar-refractivity contribution in [3.05, 3.63) is 48.3 Å². The van der Waals surface area contributed by atoms with Gasteiger partial charge in [0.15, 0.2) is 5.96 Å². The first-order valence-electron chi connectivity index (χ1n) is 7.05. The first kappa shape index (κ1) is 17.1. The van der Waals surface area contributed by atoms with Crippen LogP contribution in [0.1, 0.15) is 5.56 Å². The van der Waals surface area contributed by atoms with Crippen LogP contribution < -0.4 is 5.73 Å². The van der Waals surface area contributed by atoms with E-state index in [2.05, 4.69) is 21.1 Å². The summed E-state index contributed by atoms with van der Waals surface area (Å²) in [7, 11) is 0. The lowest BCUT2D eigenvalue weighted by Gasteiger charge is -2.27. The first-order valence-corrected chi connectivity index (χ1v) is 8.20. The number of aliphatic imine (C=N–C) groups is 1. The Hall–Kier alpha value is -1.22. The van der Waals surface area contributed by atoms with E-state index in [0.29, 0.717) is 12.5 Å². The molecule has 22 heavy (non-hydrogen) atoms. The molecule has 1 aliphatic heterocycles. The monoisotopic (exact) mass is 429 g/mol. The summed E-state index contributed by atoms with van der Waals surface area (Å²) in [6.45, 7) is 2.55. The molecule has 0 aliphatic carbocycles. The summed E-state index contributed by atoms with van der Waals surface area (Å²) in [4.78, 5) is 6.72. The van der Waals surface area contributed by atoms with Gasteiger partial charge in [0.25, 0.3) is 0 Å². The number of hydrogen-bond donors (Lipinski definition) is 1. The van der Waals surface area contributed by atoms with Crippen molar-refractivity contribution in [3.63, 3.8) is 0 Å². The lowest BCUT2D eigenvalue weighted by molar-refractivity contribution is 0.455. The second-order valence-corrected chi connectivity index (χ2v) is 6.08. The number of benzene rings is 1. The highest BCUT2D eigenvalue weighted by molar-refractivity contribution is 14.0. The minimum atomic E-state index is 0. The molecule has 0 radical (unpaired) electrons. The van der Waals surface area contributed by atoms with Gasteiger partial charge in [0.1, 0.15) is 0 Å². The number of hydrogen-bond acceptors (Lipinski definition) is 3. The Balaban J connectivity index is 0.00000176. The maximum atomic E-state index is 6.11. The Kier molecular flexibility index (Phi) is 6.56. The van der Waals surface area contributed by atoms with Crippen molar-refractivity contribution in [1.82, 2.24) is 14.7 Å². The van der Waals surface area contributed by atoms with Crippen molar-refractivity contribution in [1.29, 1.82) is 0 Å². The highest BCUT2D eigenvalue weighted by Crippen LogP contribution is 2.15. The molecule has 2 heterocycles. The quantitative estimate of drug-likeness (QED) is 0.463. The highest BCUT2D eigenvalue weighted by Gasteiger charge is 2.12. The summed E-state index contributed by atoms with van der Waals surface area (Å²) < 4.78 is 1.86. The van der Waals surface area contributed by atoms with Gasteiger partial charge in [-0.15, -0.1) is 24.0 Å². The minimum absolute atomic E-state index is 0. The van der Waals surface area contributed by atoms with Gasteiger partial charge in [0.05, 0.1) is 12.2 Å². The summed E-state index contributed by atoms with van der Waals surface area (Å²) in [5.74, 6) is 2.89. The van der Waals surface area contributed by atoms with Gasteiger partial charge in [-0.25, -0.2) is 9.67 Å². The summed E-state index contributed by atoms with van der Waals surface area (Å²) in [6.07, 6.45) is 3.72. The smallest absolute Gasteiger partial charge is 0.191 e. The van der Waals surface area contributed by atoms with Crippen LogP contribution in [0.2, 0.25) is 0 Å². The number of rotatable bonds is 3. The van der Waals surface area contributed by atoms with Crippen molar-refractivity contribution < 1.29 is 0 Å². The molecule has 3 rings (SSSR count). The zero-order chi connectivity index (χ0) is 14.5. The maximum absolute atomic E-state index is 6.11. The zero-order valence-corrected chi connectivity index (χ0v) is 15.4. The normalized spacial score (nSPS) is 15.5. The molecule has 0 saturated carbocycles. The maximum Gasteiger partial charge on any atom is 0.191 e. The van der Waals surface area contributed by atoms with E-state index >= 15 is 0 Å². The fourth-order valence-corrected chi connectivity index (χ4v) is 3.24. The molecule has 0 spiro atoms. The van der Waals surface area contributed by atoms with Crippen molar-refractivity contribution >= 4 is 41.7 Å². The molecule has 2 aromatic rings. The number of nitrogens with zero attached hydrogens (tertiary/aromatic N) is 4. The lowest BCUT2D eigenvalue weighted by Crippen LogP contribution is -2.42. The Morgan fingerprint density at radius 2 is 2.00 bits per heavy atom. The van der Waals surface area contributed by atoms with Crippen LogP contribution in [0.4, 0.5) is 0 Å². The highest BCUT2D eigenvalue weighted by atomic mass is 127. The Morgan fingerprint density at radius 3 is 2.73 bits per heavy atom. The number of aromatic nitrogens is 2. The molecule has 0 bridgehead atoms. The number of nitrogens with two attached hydrogens (primary N) is 1. The van der Waals surface area contributed by atoms with E-state index in [1.54, 1.807) is 6.20 Å². The van der Waals surface area contributed by atoms with Crippen LogP contribution in [-0.4, -0.2) is 45.2 Å². The molecule has 0 atom stereocenters. The fourth-order valence-electron chi connectivity index (χ4n) is 2.34. The molecule has 118 valence electrons. The van der Waals surface area contributed by atoms with Crippen LogP contribution in [0.15, 0.2) is 47.7 Å². The van der Waals surface area contributed by atoms with Gasteiger partial charge in [-0.05, 0) is 17.7 Å². The van der Waals surface area contributed by atoms with E-state index in [-0.39, 0.29) is 24.0 Å². The molecule has 0 unspecified atom stereocenters. The fraction of sp³-hybridized carbons (Fsp3) is 0.333. The van der Waals surface area contributed by atoms with E-state index < -0.39 is 0 Å². The summed E-state index contributed by atoms with van der Waals surface area (Å²) in [5.41, 5.74) is 8.28. The topological polar surface area (TPSA) is 59.4 Å². The summed E-state index contributed by atoms with van der Waals surface area (Å²) in [5, 5.41) is 4.29. The second kappa shape index (κ2) is 8.42. The summed E-state index contributed by atoms with van der Waals surface area (Å²) >= 11 is 1.97. The van der Waals surface area contributed by atoms with E-state index in [4.69, 9.17) is 5.73 Å². The van der Waals surface area contributed by atoms with Crippen molar-refractivity contribution in [3.8, 4) is 5.69 Å². The van der Waals surface area contributed by atoms with Gasteiger partial charge >= 0.3 is 0 Å². The van der Waals surface area contributed by atoms with Gasteiger partial charge in [0, 0.05) is 37.0 Å². The van der Waals surface area contributed by atoms with Gasteiger partial charge in [-0.1, -0.05) is 18.2 Å². The number of thioether (sulfide) groups is 1. The molecule has 1 aliphatic rings. The van der Waals surface area contributed by atoms with Gasteiger partial charge in [-0.2, -0.15) is 16.9 Å². The predicted molar refractivity (Wildman–Crippen MR) is 103 cm³/mol. The SMILES string of the molecule is I.NC(=NCc1ccccc1-n1cccn1)N1CCSCC1. The Labute approximate surface area is 152 Å². The van der Waals surface area contributed by atoms with E-state index in [1.807, 2.05) is 46.9 Å². The predicted octanol–water partition coefficient (Wildman–Crippen LogP) is 2.35. The number of halogens is 1. The third-order valence-corrected chi connectivity index (χ3v) is 4.43. The molecule has 5 nitrogen and oxygen atoms in total. The van der Waals surface area contributed by atoms with Gasteiger partial charge in [-0.3, -0.25) is 0 Å². The van der Waals surface area contributed by atoms with Crippen molar-refractivity contribution in [2.24, 2.45) is 10.7 Å². The van der Waals surface area contributed by atoms with Crippen LogP contribution >= 0.6 is 35.7 Å². The Bertz CT molecular complexity index is 608. The second-order valence-electron chi connectivity index (χ2n) is 4.85. The lowest BCUT2D eigenvalue weighted by atomic mass is 10.2. The molecule has 2 N–H and O–H groups in total. The van der Waals surface area contributed by atoms with Gasteiger partial charge < -0.3 is 10.6 Å². The van der Waals surface area contributed by atoms with Crippen LogP contribution in [0, 0.1) is 0 Å². The summed E-state index contributed by atoms with van der Waals surface area (Å²) in [6, 6.07) is 10.1. The van der Waals surface area contributed by atoms with Crippen LogP contribution in [0.3, 0.4) is 0 Å². The van der Waals surface area contributed by atoms with Crippen LogP contribution in [0.25, 0.3) is 5.69 Å². The van der Waals surface area contributed by atoms with E-state index in [1.165, 1.54) is 0 Å². The minimum Gasteiger partial charge on any atom is -0.370 e. The molecule has 1 saturated heterocycles. The average molecular weight is 429 g/mol. The zero-order valence-electron chi connectivity index (χ0n) is 12.3. The molecule has 1 aromatic carbocycles. The third-order valence-electron chi connectivity index (χ3n) is 3.49. The number of guanidine groups is 1. The van der Waals surface area contributed by atoms with Crippen LogP contribution in [-0.2, 0) is 6.54 Å².